The molecular formula is C36H42N2O6S. The van der Waals surface area contributed by atoms with Crippen molar-refractivity contribution in [2.75, 3.05) is 14.2 Å². The molecule has 5 rings (SSSR count). The van der Waals surface area contributed by atoms with E-state index in [0.717, 1.165) is 36.0 Å². The van der Waals surface area contributed by atoms with Gasteiger partial charge in [-0.15, -0.1) is 0 Å². The highest BCUT2D eigenvalue weighted by molar-refractivity contribution is 7.90. The van der Waals surface area contributed by atoms with E-state index in [4.69, 9.17) is 9.47 Å². The maximum atomic E-state index is 12.8. The van der Waals surface area contributed by atoms with Crippen molar-refractivity contribution < 1.29 is 27.8 Å². The lowest BCUT2D eigenvalue weighted by molar-refractivity contribution is -0.122. The summed E-state index contributed by atoms with van der Waals surface area (Å²) in [5.41, 5.74) is 5.28. The Bertz CT molecular complexity index is 1680. The fraction of sp³-hybridized carbons (Fsp3) is 0.361. The normalized spacial score (nSPS) is 15.2. The monoisotopic (exact) mass is 630 g/mol. The number of rotatable bonds is 13. The first-order valence-electron chi connectivity index (χ1n) is 15.3. The van der Waals surface area contributed by atoms with Gasteiger partial charge in [-0.25, -0.2) is 13.1 Å². The zero-order chi connectivity index (χ0) is 32.1. The highest BCUT2D eigenvalue weighted by atomic mass is 32.2. The fourth-order valence-corrected chi connectivity index (χ4v) is 7.53. The summed E-state index contributed by atoms with van der Waals surface area (Å²) in [5, 5.41) is 11.8. The molecule has 0 spiro atoms. The van der Waals surface area contributed by atoms with Crippen molar-refractivity contribution in [1.82, 2.24) is 9.29 Å². The second kappa shape index (κ2) is 13.9. The summed E-state index contributed by atoms with van der Waals surface area (Å²) in [6.45, 7) is 4.21. The molecule has 3 atom stereocenters. The number of amides is 1. The van der Waals surface area contributed by atoms with Crippen molar-refractivity contribution in [3.05, 3.63) is 113 Å². The Morgan fingerprint density at radius 3 is 2.18 bits per heavy atom. The highest BCUT2D eigenvalue weighted by Crippen LogP contribution is 2.39. The maximum Gasteiger partial charge on any atom is 0.264 e. The van der Waals surface area contributed by atoms with Gasteiger partial charge in [0.1, 0.15) is 11.5 Å². The van der Waals surface area contributed by atoms with Crippen LogP contribution in [0.4, 0.5) is 0 Å². The molecule has 9 heteroatoms. The predicted molar refractivity (Wildman–Crippen MR) is 174 cm³/mol. The van der Waals surface area contributed by atoms with Gasteiger partial charge in [0.15, 0.2) is 0 Å². The molecule has 0 bridgehead atoms. The van der Waals surface area contributed by atoms with Crippen LogP contribution >= 0.6 is 0 Å². The molecule has 3 aromatic carbocycles. The van der Waals surface area contributed by atoms with Gasteiger partial charge in [0.25, 0.3) is 10.0 Å². The molecular weight excluding hydrogens is 588 g/mol. The number of nitrogens with zero attached hydrogens (tertiary/aromatic N) is 1. The third-order valence-corrected chi connectivity index (χ3v) is 10.2. The standard InChI is InChI=1S/C36H42N2O6S/c1-24(36(40)37-45(41,42)32-12-6-5-7-13-32)16-26-14-15-38(22-26)23-31(19-27-17-28-10-8-9-11-29(28)18-27)35(39)30-20-33(43-3)25(2)34(21-30)44-4/h5-15,20-22,24,27,31,35,39H,16-19,23H2,1-4H3,(H,37,40)/t24?,31-,35-/m1/s1. The lowest BCUT2D eigenvalue weighted by atomic mass is 9.85. The molecule has 4 aromatic rings. The van der Waals surface area contributed by atoms with E-state index in [-0.39, 0.29) is 10.8 Å². The summed E-state index contributed by atoms with van der Waals surface area (Å²) in [6, 6.07) is 22.1. The van der Waals surface area contributed by atoms with Gasteiger partial charge < -0.3 is 19.1 Å². The Labute approximate surface area is 266 Å². The molecule has 1 aliphatic rings. The molecule has 0 fully saturated rings. The van der Waals surface area contributed by atoms with Crippen LogP contribution in [0.25, 0.3) is 0 Å². The van der Waals surface area contributed by atoms with Gasteiger partial charge in [-0.2, -0.15) is 0 Å². The molecule has 0 aliphatic heterocycles. The molecule has 1 heterocycles. The van der Waals surface area contributed by atoms with Crippen LogP contribution in [-0.2, 0) is 40.6 Å². The van der Waals surface area contributed by atoms with E-state index in [1.165, 1.54) is 23.3 Å². The van der Waals surface area contributed by atoms with Crippen LogP contribution in [0.2, 0.25) is 0 Å². The third-order valence-electron chi connectivity index (χ3n) is 8.87. The molecule has 0 radical (unpaired) electrons. The zero-order valence-electron chi connectivity index (χ0n) is 26.3. The third kappa shape index (κ3) is 7.60. The summed E-state index contributed by atoms with van der Waals surface area (Å²) >= 11 is 0. The Hall–Kier alpha value is -4.08. The van der Waals surface area contributed by atoms with E-state index in [0.29, 0.717) is 30.4 Å². The number of aliphatic hydroxyl groups is 1. The summed E-state index contributed by atoms with van der Waals surface area (Å²) in [5.74, 6) is 0.508. The first-order valence-corrected chi connectivity index (χ1v) is 16.8. The van der Waals surface area contributed by atoms with Crippen molar-refractivity contribution in [3.8, 4) is 11.5 Å². The van der Waals surface area contributed by atoms with Gasteiger partial charge in [0.2, 0.25) is 5.91 Å². The predicted octanol–water partition coefficient (Wildman–Crippen LogP) is 5.65. The quantitative estimate of drug-likeness (QED) is 0.198. The van der Waals surface area contributed by atoms with Gasteiger partial charge in [-0.05, 0) is 91.1 Å². The van der Waals surface area contributed by atoms with Gasteiger partial charge in [-0.3, -0.25) is 4.79 Å². The van der Waals surface area contributed by atoms with Crippen molar-refractivity contribution in [1.29, 1.82) is 0 Å². The number of carbonyl (C=O) groups is 1. The number of hydrogen-bond acceptors (Lipinski definition) is 6. The Balaban J connectivity index is 1.32. The van der Waals surface area contributed by atoms with Crippen LogP contribution in [0, 0.1) is 24.7 Å². The number of aromatic nitrogens is 1. The minimum atomic E-state index is -3.94. The van der Waals surface area contributed by atoms with Crippen molar-refractivity contribution in [3.63, 3.8) is 0 Å². The number of ether oxygens (including phenoxy) is 2. The smallest absolute Gasteiger partial charge is 0.264 e. The number of aliphatic hydroxyl groups excluding tert-OH is 1. The summed E-state index contributed by atoms with van der Waals surface area (Å²) < 4.78 is 40.8. The van der Waals surface area contributed by atoms with E-state index < -0.39 is 28.0 Å². The number of carbonyl (C=O) groups excluding carboxylic acids is 1. The van der Waals surface area contributed by atoms with Crippen LogP contribution in [0.15, 0.2) is 90.1 Å². The highest BCUT2D eigenvalue weighted by Gasteiger charge is 2.30. The number of sulfonamides is 1. The number of methoxy groups -OCH3 is 2. The van der Waals surface area contributed by atoms with Crippen LogP contribution in [0.5, 0.6) is 11.5 Å². The minimum Gasteiger partial charge on any atom is -0.496 e. The number of fused-ring (bicyclic) bond motifs is 1. The van der Waals surface area contributed by atoms with Crippen LogP contribution in [0.3, 0.4) is 0 Å². The summed E-state index contributed by atoms with van der Waals surface area (Å²) in [6.07, 6.45) is 6.33. The van der Waals surface area contributed by atoms with Crippen LogP contribution in [-0.4, -0.2) is 38.2 Å². The average Bonchev–Trinajstić information content (AvgIpc) is 3.66. The van der Waals surface area contributed by atoms with E-state index in [2.05, 4.69) is 33.6 Å². The van der Waals surface area contributed by atoms with E-state index in [9.17, 15) is 18.3 Å². The minimum absolute atomic E-state index is 0.0514. The van der Waals surface area contributed by atoms with Gasteiger partial charge >= 0.3 is 0 Å². The molecule has 45 heavy (non-hydrogen) atoms. The summed E-state index contributed by atoms with van der Waals surface area (Å²) in [4.78, 5) is 12.9. The summed E-state index contributed by atoms with van der Waals surface area (Å²) in [7, 11) is -0.706. The van der Waals surface area contributed by atoms with Crippen LogP contribution < -0.4 is 14.2 Å². The van der Waals surface area contributed by atoms with Crippen molar-refractivity contribution in [2.45, 2.75) is 57.1 Å². The lowest BCUT2D eigenvalue weighted by Gasteiger charge is -2.27. The maximum absolute atomic E-state index is 12.8. The molecule has 8 nitrogen and oxygen atoms in total. The van der Waals surface area contributed by atoms with Gasteiger partial charge in [-0.1, -0.05) is 49.4 Å². The van der Waals surface area contributed by atoms with E-state index in [1.54, 1.807) is 39.3 Å². The number of hydrogen-bond donors (Lipinski definition) is 2. The second-order valence-corrected chi connectivity index (χ2v) is 13.8. The Kier molecular flexibility index (Phi) is 9.99. The Morgan fingerprint density at radius 1 is 0.978 bits per heavy atom. The number of nitrogens with one attached hydrogen (secondary N) is 1. The van der Waals surface area contributed by atoms with Gasteiger partial charge in [0.05, 0.1) is 25.2 Å². The van der Waals surface area contributed by atoms with Crippen LogP contribution in [0.1, 0.15) is 47.3 Å². The van der Waals surface area contributed by atoms with E-state index in [1.807, 2.05) is 37.5 Å². The van der Waals surface area contributed by atoms with Crippen molar-refractivity contribution >= 4 is 15.9 Å². The molecule has 1 aromatic heterocycles. The largest absolute Gasteiger partial charge is 0.496 e. The molecule has 0 saturated heterocycles. The molecule has 238 valence electrons. The fourth-order valence-electron chi connectivity index (χ4n) is 6.43. The molecule has 0 saturated carbocycles. The lowest BCUT2D eigenvalue weighted by Crippen LogP contribution is -2.35. The number of benzene rings is 3. The zero-order valence-corrected chi connectivity index (χ0v) is 27.1. The molecule has 2 N–H and O–H groups in total. The molecule has 1 unspecified atom stereocenters. The SMILES string of the molecule is COc1cc([C@@H](O)[C@H](CC2Cc3ccccc3C2)Cn2ccc(CC(C)C(=O)NS(=O)(=O)c3ccccc3)c2)cc(OC)c1C. The Morgan fingerprint density at radius 2 is 1.58 bits per heavy atom. The second-order valence-electron chi connectivity index (χ2n) is 12.1. The van der Waals surface area contributed by atoms with Crippen molar-refractivity contribution in [2.24, 2.45) is 17.8 Å². The van der Waals surface area contributed by atoms with Gasteiger partial charge in [0, 0.05) is 36.3 Å². The average molecular weight is 631 g/mol. The first-order chi connectivity index (χ1) is 21.6. The molecule has 1 amide bonds. The first kappa shape index (κ1) is 32.3. The topological polar surface area (TPSA) is 107 Å². The van der Waals surface area contributed by atoms with E-state index >= 15 is 0 Å². The molecule has 1 aliphatic carbocycles.